The van der Waals surface area contributed by atoms with E-state index in [-0.39, 0.29) is 18.7 Å². The van der Waals surface area contributed by atoms with E-state index in [2.05, 4.69) is 72.2 Å². The lowest BCUT2D eigenvalue weighted by Crippen LogP contribution is -2.35. The molecule has 1 atom stereocenters. The number of hydrogen-bond acceptors (Lipinski definition) is 6. The summed E-state index contributed by atoms with van der Waals surface area (Å²) in [5.41, 5.74) is 6.50. The summed E-state index contributed by atoms with van der Waals surface area (Å²) in [4.78, 5) is 15.9. The van der Waals surface area contributed by atoms with E-state index in [0.717, 1.165) is 75.4 Å². The summed E-state index contributed by atoms with van der Waals surface area (Å²) in [6.07, 6.45) is 7.36. The minimum atomic E-state index is -1.31. The van der Waals surface area contributed by atoms with Crippen LogP contribution in [0.4, 0.5) is 5.69 Å². The number of nitrogens with one attached hydrogen (secondary N) is 3. The molecule has 12 heteroatoms. The van der Waals surface area contributed by atoms with Crippen molar-refractivity contribution in [1.29, 1.82) is 0 Å². The summed E-state index contributed by atoms with van der Waals surface area (Å²) in [6.45, 7) is 8.36. The molecular formula is C32H38BrN7O3Si. The fourth-order valence-corrected chi connectivity index (χ4v) is 6.70. The number of amides is 1. The fraction of sp³-hybridized carbons (Fsp3) is 0.375. The number of H-pyrrole nitrogens is 3. The lowest BCUT2D eigenvalue weighted by Gasteiger charge is -2.23. The van der Waals surface area contributed by atoms with E-state index in [1.54, 1.807) is 11.1 Å². The van der Waals surface area contributed by atoms with Crippen LogP contribution in [0.3, 0.4) is 0 Å². The van der Waals surface area contributed by atoms with Gasteiger partial charge in [-0.05, 0) is 60.7 Å². The third-order valence-corrected chi connectivity index (χ3v) is 10.1. The molecule has 2 aromatic carbocycles. The SMILES string of the molecule is C[Si](C)(C)CCOCN(C(=O)c1n[nH]c2cc(-c3c[nH]nc3C3CCCCO3)ccc12)c1c[nH]nc1Cc1cccc(Br)c1. The van der Waals surface area contributed by atoms with Crippen LogP contribution in [-0.2, 0) is 15.9 Å². The van der Waals surface area contributed by atoms with Crippen LogP contribution < -0.4 is 4.90 Å². The molecule has 0 spiro atoms. The maximum absolute atomic E-state index is 14.2. The summed E-state index contributed by atoms with van der Waals surface area (Å²) in [5, 5.41) is 23.3. The standard InChI is InChI=1S/C32H38BrN7O3Si/c1-44(2,3)14-13-42-20-40(28-19-35-36-27(28)16-21-7-6-8-23(33)15-21)32(41)31-24-11-10-22(17-26(24)37-39-31)25-18-34-38-30(25)29-9-4-5-12-43-29/h6-8,10-11,15,17-19,29H,4-5,9,12-14,16,20H2,1-3H3,(H,34,38)(H,35,36)(H,37,39). The molecule has 0 aliphatic carbocycles. The molecule has 4 heterocycles. The second kappa shape index (κ2) is 13.2. The normalized spacial score (nSPS) is 15.6. The predicted molar refractivity (Wildman–Crippen MR) is 178 cm³/mol. The van der Waals surface area contributed by atoms with Crippen molar-refractivity contribution in [3.8, 4) is 11.1 Å². The second-order valence-corrected chi connectivity index (χ2v) is 19.0. The smallest absolute Gasteiger partial charge is 0.281 e. The van der Waals surface area contributed by atoms with E-state index in [1.807, 2.05) is 42.6 Å². The summed E-state index contributed by atoms with van der Waals surface area (Å²) in [5.74, 6) is -0.256. The van der Waals surface area contributed by atoms with Crippen LogP contribution in [0.25, 0.3) is 22.0 Å². The van der Waals surface area contributed by atoms with Crippen LogP contribution in [0.1, 0.15) is 52.8 Å². The molecule has 10 nitrogen and oxygen atoms in total. The van der Waals surface area contributed by atoms with Gasteiger partial charge in [0.2, 0.25) is 0 Å². The number of nitrogens with zero attached hydrogens (tertiary/aromatic N) is 4. The van der Waals surface area contributed by atoms with E-state index in [1.165, 1.54) is 0 Å². The highest BCUT2D eigenvalue weighted by molar-refractivity contribution is 9.10. The lowest BCUT2D eigenvalue weighted by atomic mass is 9.98. The first-order valence-electron chi connectivity index (χ1n) is 15.1. The third-order valence-electron chi connectivity index (χ3n) is 7.94. The zero-order valence-corrected chi connectivity index (χ0v) is 27.9. The number of carbonyl (C=O) groups excluding carboxylic acids is 1. The van der Waals surface area contributed by atoms with Crippen LogP contribution in [0.5, 0.6) is 0 Å². The molecule has 0 bridgehead atoms. The number of aromatic nitrogens is 6. The number of fused-ring (bicyclic) bond motifs is 1. The van der Waals surface area contributed by atoms with E-state index in [9.17, 15) is 4.79 Å². The maximum Gasteiger partial charge on any atom is 0.281 e. The van der Waals surface area contributed by atoms with Gasteiger partial charge in [-0.2, -0.15) is 15.3 Å². The second-order valence-electron chi connectivity index (χ2n) is 12.5. The van der Waals surface area contributed by atoms with E-state index >= 15 is 0 Å². The average molecular weight is 677 g/mol. The maximum atomic E-state index is 14.2. The molecule has 1 unspecified atom stereocenters. The van der Waals surface area contributed by atoms with Gasteiger partial charge in [-0.25, -0.2) is 0 Å². The fourth-order valence-electron chi connectivity index (χ4n) is 5.50. The van der Waals surface area contributed by atoms with Crippen molar-refractivity contribution in [3.05, 3.63) is 82.0 Å². The molecule has 6 rings (SSSR count). The highest BCUT2D eigenvalue weighted by atomic mass is 79.9. The summed E-state index contributed by atoms with van der Waals surface area (Å²) < 4.78 is 13.1. The van der Waals surface area contributed by atoms with Gasteiger partial charge < -0.3 is 9.47 Å². The number of anilines is 1. The Morgan fingerprint density at radius 3 is 2.75 bits per heavy atom. The van der Waals surface area contributed by atoms with Gasteiger partial charge in [0.25, 0.3) is 5.91 Å². The number of halogens is 1. The van der Waals surface area contributed by atoms with E-state index in [4.69, 9.17) is 9.47 Å². The van der Waals surface area contributed by atoms with Crippen molar-refractivity contribution in [1.82, 2.24) is 30.6 Å². The first-order chi connectivity index (χ1) is 21.3. The van der Waals surface area contributed by atoms with Crippen molar-refractivity contribution >= 4 is 46.5 Å². The number of aromatic amines is 3. The van der Waals surface area contributed by atoms with Gasteiger partial charge in [0.05, 0.1) is 22.6 Å². The molecule has 1 saturated heterocycles. The van der Waals surface area contributed by atoms with Crippen molar-refractivity contribution in [3.63, 3.8) is 0 Å². The Morgan fingerprint density at radius 1 is 1.09 bits per heavy atom. The van der Waals surface area contributed by atoms with Gasteiger partial charge >= 0.3 is 0 Å². The largest absolute Gasteiger partial charge is 0.372 e. The Bertz CT molecular complexity index is 1730. The van der Waals surface area contributed by atoms with Crippen LogP contribution in [-0.4, -0.2) is 64.5 Å². The quantitative estimate of drug-likeness (QED) is 0.0771. The van der Waals surface area contributed by atoms with Crippen LogP contribution in [0, 0.1) is 0 Å². The van der Waals surface area contributed by atoms with Crippen molar-refractivity contribution < 1.29 is 14.3 Å². The first-order valence-corrected chi connectivity index (χ1v) is 19.6. The Hall–Kier alpha value is -3.58. The molecule has 1 amide bonds. The van der Waals surface area contributed by atoms with Crippen LogP contribution in [0.15, 0.2) is 59.3 Å². The third kappa shape index (κ3) is 6.88. The molecule has 44 heavy (non-hydrogen) atoms. The van der Waals surface area contributed by atoms with Gasteiger partial charge in [0, 0.05) is 55.5 Å². The minimum Gasteiger partial charge on any atom is -0.372 e. The first kappa shape index (κ1) is 30.4. The van der Waals surface area contributed by atoms with Crippen LogP contribution >= 0.6 is 15.9 Å². The molecule has 5 aromatic rings. The topological polar surface area (TPSA) is 125 Å². The highest BCUT2D eigenvalue weighted by Crippen LogP contribution is 2.35. The Morgan fingerprint density at radius 2 is 1.95 bits per heavy atom. The summed E-state index contributed by atoms with van der Waals surface area (Å²) in [7, 11) is -1.31. The van der Waals surface area contributed by atoms with Gasteiger partial charge in [-0.1, -0.05) is 53.8 Å². The number of hydrogen-bond donors (Lipinski definition) is 3. The van der Waals surface area contributed by atoms with Gasteiger partial charge in [-0.3, -0.25) is 25.0 Å². The van der Waals surface area contributed by atoms with Crippen LogP contribution in [0.2, 0.25) is 25.7 Å². The van der Waals surface area contributed by atoms with Crippen molar-refractivity contribution in [2.75, 3.05) is 24.8 Å². The predicted octanol–water partition coefficient (Wildman–Crippen LogP) is 7.23. The molecule has 3 aromatic heterocycles. The molecule has 1 aliphatic rings. The number of ether oxygens (including phenoxy) is 2. The number of benzene rings is 2. The Balaban J connectivity index is 1.29. The molecular weight excluding hydrogens is 638 g/mol. The van der Waals surface area contributed by atoms with E-state index in [0.29, 0.717) is 24.4 Å². The van der Waals surface area contributed by atoms with Gasteiger partial charge in [0.1, 0.15) is 12.8 Å². The Labute approximate surface area is 266 Å². The molecule has 1 fully saturated rings. The molecule has 0 radical (unpaired) electrons. The number of rotatable bonds is 11. The van der Waals surface area contributed by atoms with Gasteiger partial charge in [0.15, 0.2) is 5.69 Å². The molecule has 230 valence electrons. The summed E-state index contributed by atoms with van der Waals surface area (Å²) >= 11 is 3.55. The van der Waals surface area contributed by atoms with Crippen molar-refractivity contribution in [2.45, 2.75) is 57.5 Å². The van der Waals surface area contributed by atoms with Crippen molar-refractivity contribution in [2.24, 2.45) is 0 Å². The monoisotopic (exact) mass is 675 g/mol. The minimum absolute atomic E-state index is 0.0183. The van der Waals surface area contributed by atoms with Gasteiger partial charge in [-0.15, -0.1) is 0 Å². The van der Waals surface area contributed by atoms with E-state index < -0.39 is 8.07 Å². The zero-order chi connectivity index (χ0) is 30.7. The zero-order valence-electron chi connectivity index (χ0n) is 25.3. The summed E-state index contributed by atoms with van der Waals surface area (Å²) in [6, 6.07) is 15.1. The number of carbonyl (C=O) groups is 1. The molecule has 3 N–H and O–H groups in total. The molecule has 0 saturated carbocycles. The molecule has 1 aliphatic heterocycles. The average Bonchev–Trinajstić information content (AvgIpc) is 3.77. The highest BCUT2D eigenvalue weighted by Gasteiger charge is 2.27. The lowest BCUT2D eigenvalue weighted by molar-refractivity contribution is 0.0126. The Kier molecular flexibility index (Phi) is 9.12.